The van der Waals surface area contributed by atoms with Crippen molar-refractivity contribution in [2.24, 2.45) is 7.05 Å². The fourth-order valence-electron chi connectivity index (χ4n) is 2.18. The number of carbonyl (C=O) groups is 1. The van der Waals surface area contributed by atoms with Gasteiger partial charge in [0.1, 0.15) is 5.82 Å². The van der Waals surface area contributed by atoms with E-state index >= 15 is 0 Å². The highest BCUT2D eigenvalue weighted by atomic mass is 32.1. The van der Waals surface area contributed by atoms with Crippen molar-refractivity contribution in [1.29, 1.82) is 0 Å². The predicted molar refractivity (Wildman–Crippen MR) is 88.1 cm³/mol. The van der Waals surface area contributed by atoms with Gasteiger partial charge in [-0.2, -0.15) is 5.10 Å². The van der Waals surface area contributed by atoms with Gasteiger partial charge in [0.15, 0.2) is 11.2 Å². The quantitative estimate of drug-likeness (QED) is 0.743. The lowest BCUT2D eigenvalue weighted by molar-refractivity contribution is -0.124. The number of carbonyl (C=O) groups excluding carboxylic acids is 1. The van der Waals surface area contributed by atoms with Gasteiger partial charge < -0.3 is 5.11 Å². The number of aryl methyl sites for hydroxylation is 1. The van der Waals surface area contributed by atoms with E-state index in [9.17, 15) is 14.3 Å². The summed E-state index contributed by atoms with van der Waals surface area (Å²) in [5.41, 5.74) is 0.965. The van der Waals surface area contributed by atoms with Crippen molar-refractivity contribution in [2.75, 3.05) is 5.32 Å². The molecule has 6 nitrogen and oxygen atoms in total. The second-order valence-corrected chi connectivity index (χ2v) is 6.35. The van der Waals surface area contributed by atoms with E-state index < -0.39 is 12.0 Å². The van der Waals surface area contributed by atoms with Crippen molar-refractivity contribution >= 4 is 22.4 Å². The minimum absolute atomic E-state index is 0.275. The van der Waals surface area contributed by atoms with Gasteiger partial charge in [-0.05, 0) is 11.6 Å². The first kappa shape index (κ1) is 16.3. The van der Waals surface area contributed by atoms with Gasteiger partial charge in [-0.25, -0.2) is 9.37 Å². The van der Waals surface area contributed by atoms with E-state index in [0.717, 1.165) is 4.88 Å². The van der Waals surface area contributed by atoms with Gasteiger partial charge in [0.2, 0.25) is 0 Å². The van der Waals surface area contributed by atoms with E-state index in [1.807, 2.05) is 0 Å². The molecule has 1 atom stereocenters. The first-order valence-electron chi connectivity index (χ1n) is 7.18. The Bertz CT molecular complexity index is 861. The fourth-order valence-corrected chi connectivity index (χ4v) is 3.02. The average molecular weight is 346 g/mol. The molecular formula is C16H15FN4O2S. The molecule has 0 radical (unpaired) electrons. The Morgan fingerprint density at radius 2 is 2.21 bits per heavy atom. The molecule has 8 heteroatoms. The molecule has 3 aromatic rings. The van der Waals surface area contributed by atoms with Crippen LogP contribution in [0.4, 0.5) is 9.52 Å². The van der Waals surface area contributed by atoms with E-state index in [-0.39, 0.29) is 5.82 Å². The number of thiazole rings is 1. The van der Waals surface area contributed by atoms with E-state index in [1.54, 1.807) is 37.6 Å². The number of halogens is 1. The van der Waals surface area contributed by atoms with Crippen LogP contribution in [0.2, 0.25) is 0 Å². The monoisotopic (exact) mass is 346 g/mol. The standard InChI is InChI=1S/C16H15FN4O2S/c1-21-9-11(7-19-21)14(22)15(23)20-16-18-8-12(24-16)6-10-4-2-3-5-13(10)17/h2-5,7-9,14,22H,6H2,1H3,(H,18,20,23)/t14-/m0/s1. The Morgan fingerprint density at radius 3 is 2.92 bits per heavy atom. The van der Waals surface area contributed by atoms with Crippen molar-refractivity contribution < 1.29 is 14.3 Å². The lowest BCUT2D eigenvalue weighted by Gasteiger charge is -2.07. The second-order valence-electron chi connectivity index (χ2n) is 5.24. The lowest BCUT2D eigenvalue weighted by atomic mass is 10.1. The van der Waals surface area contributed by atoms with Gasteiger partial charge in [0.25, 0.3) is 5.91 Å². The maximum Gasteiger partial charge on any atom is 0.259 e. The summed E-state index contributed by atoms with van der Waals surface area (Å²) in [4.78, 5) is 17.0. The second kappa shape index (κ2) is 6.90. The molecule has 0 aliphatic heterocycles. The SMILES string of the molecule is Cn1cc([C@H](O)C(=O)Nc2ncc(Cc3ccccc3F)s2)cn1. The number of anilines is 1. The number of amides is 1. The summed E-state index contributed by atoms with van der Waals surface area (Å²) in [7, 11) is 1.70. The van der Waals surface area contributed by atoms with Crippen LogP contribution in [0.25, 0.3) is 0 Å². The predicted octanol–water partition coefficient (Wildman–Crippen LogP) is 2.28. The zero-order valence-electron chi connectivity index (χ0n) is 12.8. The Balaban J connectivity index is 1.65. The number of benzene rings is 1. The Labute approximate surface area is 141 Å². The van der Waals surface area contributed by atoms with Gasteiger partial charge in [0, 0.05) is 36.3 Å². The van der Waals surface area contributed by atoms with Crippen molar-refractivity contribution in [2.45, 2.75) is 12.5 Å². The summed E-state index contributed by atoms with van der Waals surface area (Å²) in [6, 6.07) is 6.52. The number of nitrogens with one attached hydrogen (secondary N) is 1. The molecule has 124 valence electrons. The highest BCUT2D eigenvalue weighted by Crippen LogP contribution is 2.23. The summed E-state index contributed by atoms with van der Waals surface area (Å²) in [5, 5.41) is 16.8. The Kier molecular flexibility index (Phi) is 4.68. The molecule has 2 N–H and O–H groups in total. The molecule has 1 amide bonds. The molecule has 0 aliphatic rings. The number of hydrogen-bond acceptors (Lipinski definition) is 5. The van der Waals surface area contributed by atoms with E-state index in [4.69, 9.17) is 0 Å². The maximum absolute atomic E-state index is 13.7. The highest BCUT2D eigenvalue weighted by molar-refractivity contribution is 7.15. The fraction of sp³-hybridized carbons (Fsp3) is 0.188. The average Bonchev–Trinajstić information content (AvgIpc) is 3.18. The largest absolute Gasteiger partial charge is 0.378 e. The molecule has 0 aliphatic carbocycles. The molecule has 0 fully saturated rings. The van der Waals surface area contributed by atoms with Crippen LogP contribution in [0.5, 0.6) is 0 Å². The van der Waals surface area contributed by atoms with E-state index in [0.29, 0.717) is 22.7 Å². The van der Waals surface area contributed by atoms with Crippen LogP contribution in [-0.4, -0.2) is 25.8 Å². The first-order chi connectivity index (χ1) is 11.5. The third-order valence-corrected chi connectivity index (χ3v) is 4.31. The van der Waals surface area contributed by atoms with E-state index in [1.165, 1.54) is 28.3 Å². The number of aliphatic hydroxyl groups is 1. The Hall–Kier alpha value is -2.58. The zero-order valence-corrected chi connectivity index (χ0v) is 13.6. The molecule has 0 spiro atoms. The molecule has 2 aromatic heterocycles. The summed E-state index contributed by atoms with van der Waals surface area (Å²) in [5.74, 6) is -0.863. The summed E-state index contributed by atoms with van der Waals surface area (Å²) in [6.07, 6.45) is 3.65. The third kappa shape index (κ3) is 3.66. The minimum atomic E-state index is -1.32. The summed E-state index contributed by atoms with van der Waals surface area (Å²) >= 11 is 1.24. The molecule has 3 rings (SSSR count). The van der Waals surface area contributed by atoms with Crippen molar-refractivity contribution in [1.82, 2.24) is 14.8 Å². The summed E-state index contributed by atoms with van der Waals surface area (Å²) in [6.45, 7) is 0. The smallest absolute Gasteiger partial charge is 0.259 e. The lowest BCUT2D eigenvalue weighted by Crippen LogP contribution is -2.20. The van der Waals surface area contributed by atoms with Crippen LogP contribution in [0.1, 0.15) is 22.1 Å². The number of rotatable bonds is 5. The molecule has 0 saturated carbocycles. The molecule has 24 heavy (non-hydrogen) atoms. The topological polar surface area (TPSA) is 80.0 Å². The van der Waals surface area contributed by atoms with Crippen molar-refractivity contribution in [3.8, 4) is 0 Å². The molecule has 0 bridgehead atoms. The summed E-state index contributed by atoms with van der Waals surface area (Å²) < 4.78 is 15.2. The van der Waals surface area contributed by atoms with Gasteiger partial charge >= 0.3 is 0 Å². The van der Waals surface area contributed by atoms with Gasteiger partial charge in [0.05, 0.1) is 6.20 Å². The van der Waals surface area contributed by atoms with Gasteiger partial charge in [-0.3, -0.25) is 14.8 Å². The minimum Gasteiger partial charge on any atom is -0.378 e. The molecule has 0 saturated heterocycles. The van der Waals surface area contributed by atoms with Gasteiger partial charge in [-0.15, -0.1) is 11.3 Å². The maximum atomic E-state index is 13.7. The highest BCUT2D eigenvalue weighted by Gasteiger charge is 2.20. The van der Waals surface area contributed by atoms with Crippen LogP contribution in [0.15, 0.2) is 42.9 Å². The van der Waals surface area contributed by atoms with Crippen LogP contribution in [0, 0.1) is 5.82 Å². The van der Waals surface area contributed by atoms with Crippen LogP contribution >= 0.6 is 11.3 Å². The molecule has 1 aromatic carbocycles. The number of aromatic nitrogens is 3. The van der Waals surface area contributed by atoms with Crippen molar-refractivity contribution in [3.05, 3.63) is 64.7 Å². The van der Waals surface area contributed by atoms with Gasteiger partial charge in [-0.1, -0.05) is 18.2 Å². The van der Waals surface area contributed by atoms with Crippen LogP contribution < -0.4 is 5.32 Å². The molecule has 0 unspecified atom stereocenters. The molecular weight excluding hydrogens is 331 g/mol. The Morgan fingerprint density at radius 1 is 1.42 bits per heavy atom. The van der Waals surface area contributed by atoms with E-state index in [2.05, 4.69) is 15.4 Å². The van der Waals surface area contributed by atoms with Crippen molar-refractivity contribution in [3.63, 3.8) is 0 Å². The normalized spacial score (nSPS) is 12.1. The number of nitrogens with zero attached hydrogens (tertiary/aromatic N) is 3. The van der Waals surface area contributed by atoms with Crippen LogP contribution in [-0.2, 0) is 18.3 Å². The number of hydrogen-bond donors (Lipinski definition) is 2. The third-order valence-electron chi connectivity index (χ3n) is 3.40. The number of aliphatic hydroxyl groups excluding tert-OH is 1. The van der Waals surface area contributed by atoms with Crippen LogP contribution in [0.3, 0.4) is 0 Å². The molecule has 2 heterocycles. The first-order valence-corrected chi connectivity index (χ1v) is 8.00. The zero-order chi connectivity index (χ0) is 17.1.